The molecule has 0 bridgehead atoms. The molecule has 4 nitrogen and oxygen atoms in total. The highest BCUT2D eigenvalue weighted by Gasteiger charge is 2.33. The highest BCUT2D eigenvalue weighted by molar-refractivity contribution is 5.84. The van der Waals surface area contributed by atoms with E-state index in [0.29, 0.717) is 19.6 Å². The van der Waals surface area contributed by atoms with E-state index in [2.05, 4.69) is 0 Å². The molecule has 0 unspecified atom stereocenters. The van der Waals surface area contributed by atoms with Crippen molar-refractivity contribution in [3.05, 3.63) is 35.4 Å². The number of carbonyl (C=O) groups is 2. The lowest BCUT2D eigenvalue weighted by Gasteiger charge is -2.34. The largest absolute Gasteiger partial charge is 0.464 e. The SMILES string of the molecule is CCOC(=O)[C@H]1Cc2ccccc2CN1C(C)=O. The summed E-state index contributed by atoms with van der Waals surface area (Å²) in [5, 5.41) is 0. The van der Waals surface area contributed by atoms with E-state index in [1.165, 1.54) is 6.92 Å². The average Bonchev–Trinajstić information content (AvgIpc) is 2.37. The van der Waals surface area contributed by atoms with E-state index < -0.39 is 6.04 Å². The molecule has 0 fully saturated rings. The molecule has 18 heavy (non-hydrogen) atoms. The maximum absolute atomic E-state index is 11.9. The Labute approximate surface area is 107 Å². The minimum Gasteiger partial charge on any atom is -0.464 e. The van der Waals surface area contributed by atoms with Crippen molar-refractivity contribution in [2.45, 2.75) is 32.9 Å². The van der Waals surface area contributed by atoms with Gasteiger partial charge in [-0.2, -0.15) is 0 Å². The van der Waals surface area contributed by atoms with Crippen molar-refractivity contribution in [3.63, 3.8) is 0 Å². The molecular formula is C14H17NO3. The lowest BCUT2D eigenvalue weighted by molar-refractivity contribution is -0.155. The average molecular weight is 247 g/mol. The van der Waals surface area contributed by atoms with Crippen molar-refractivity contribution in [2.75, 3.05) is 6.61 Å². The topological polar surface area (TPSA) is 46.6 Å². The van der Waals surface area contributed by atoms with Gasteiger partial charge in [-0.25, -0.2) is 4.79 Å². The minimum atomic E-state index is -0.489. The fraction of sp³-hybridized carbons (Fsp3) is 0.429. The van der Waals surface area contributed by atoms with E-state index in [9.17, 15) is 9.59 Å². The molecule has 1 aliphatic rings. The highest BCUT2D eigenvalue weighted by atomic mass is 16.5. The number of rotatable bonds is 2. The van der Waals surface area contributed by atoms with Crippen LogP contribution in [0.3, 0.4) is 0 Å². The van der Waals surface area contributed by atoms with Gasteiger partial charge in [-0.05, 0) is 18.1 Å². The van der Waals surface area contributed by atoms with Crippen LogP contribution in [0, 0.1) is 0 Å². The number of ether oxygens (including phenoxy) is 1. The van der Waals surface area contributed by atoms with Gasteiger partial charge in [0.05, 0.1) is 6.61 Å². The summed E-state index contributed by atoms with van der Waals surface area (Å²) < 4.78 is 5.04. The molecule has 0 aliphatic carbocycles. The Balaban J connectivity index is 2.28. The normalized spacial score (nSPS) is 18.1. The molecule has 1 amide bonds. The van der Waals surface area contributed by atoms with Crippen LogP contribution >= 0.6 is 0 Å². The van der Waals surface area contributed by atoms with Gasteiger partial charge in [-0.1, -0.05) is 24.3 Å². The predicted octanol–water partition coefficient (Wildman–Crippen LogP) is 1.52. The summed E-state index contributed by atoms with van der Waals surface area (Å²) in [5.41, 5.74) is 2.22. The maximum atomic E-state index is 11.9. The molecule has 1 aromatic carbocycles. The zero-order chi connectivity index (χ0) is 13.1. The fourth-order valence-corrected chi connectivity index (χ4v) is 2.30. The Morgan fingerprint density at radius 1 is 1.33 bits per heavy atom. The van der Waals surface area contributed by atoms with Crippen LogP contribution in [0.25, 0.3) is 0 Å². The second kappa shape index (κ2) is 5.21. The number of carbonyl (C=O) groups excluding carboxylic acids is 2. The molecule has 1 atom stereocenters. The smallest absolute Gasteiger partial charge is 0.329 e. The fourth-order valence-electron chi connectivity index (χ4n) is 2.30. The second-order valence-corrected chi connectivity index (χ2v) is 4.39. The summed E-state index contributed by atoms with van der Waals surface area (Å²) in [6.45, 7) is 4.07. The second-order valence-electron chi connectivity index (χ2n) is 4.39. The first-order valence-electron chi connectivity index (χ1n) is 6.14. The van der Waals surface area contributed by atoms with Crippen molar-refractivity contribution in [1.29, 1.82) is 0 Å². The quantitative estimate of drug-likeness (QED) is 0.744. The molecule has 4 heteroatoms. The highest BCUT2D eigenvalue weighted by Crippen LogP contribution is 2.24. The number of fused-ring (bicyclic) bond motifs is 1. The van der Waals surface area contributed by atoms with Gasteiger partial charge >= 0.3 is 5.97 Å². The van der Waals surface area contributed by atoms with Gasteiger partial charge in [-0.15, -0.1) is 0 Å². The van der Waals surface area contributed by atoms with Crippen LogP contribution < -0.4 is 0 Å². The zero-order valence-corrected chi connectivity index (χ0v) is 10.7. The van der Waals surface area contributed by atoms with E-state index in [1.54, 1.807) is 11.8 Å². The number of hydrogen-bond donors (Lipinski definition) is 0. The van der Waals surface area contributed by atoms with E-state index >= 15 is 0 Å². The van der Waals surface area contributed by atoms with Crippen molar-refractivity contribution in [1.82, 2.24) is 4.90 Å². The van der Waals surface area contributed by atoms with Crippen LogP contribution in [0.2, 0.25) is 0 Å². The number of hydrogen-bond acceptors (Lipinski definition) is 3. The summed E-state index contributed by atoms with van der Waals surface area (Å²) in [6.07, 6.45) is 0.536. The Morgan fingerprint density at radius 2 is 2.00 bits per heavy atom. The van der Waals surface area contributed by atoms with Crippen LogP contribution in [0.5, 0.6) is 0 Å². The Kier molecular flexibility index (Phi) is 3.65. The lowest BCUT2D eigenvalue weighted by atomic mass is 9.94. The van der Waals surface area contributed by atoms with Gasteiger partial charge in [0, 0.05) is 19.9 Å². The predicted molar refractivity (Wildman–Crippen MR) is 66.8 cm³/mol. The van der Waals surface area contributed by atoms with E-state index in [4.69, 9.17) is 4.74 Å². The van der Waals surface area contributed by atoms with Gasteiger partial charge in [0.15, 0.2) is 0 Å². The third-order valence-electron chi connectivity index (χ3n) is 3.21. The third-order valence-corrected chi connectivity index (χ3v) is 3.21. The first kappa shape index (κ1) is 12.6. The third kappa shape index (κ3) is 2.37. The summed E-state index contributed by atoms with van der Waals surface area (Å²) in [7, 11) is 0. The van der Waals surface area contributed by atoms with Crippen LogP contribution in [0.4, 0.5) is 0 Å². The molecule has 0 radical (unpaired) electrons. The molecule has 0 saturated carbocycles. The Morgan fingerprint density at radius 3 is 2.61 bits per heavy atom. The van der Waals surface area contributed by atoms with Crippen molar-refractivity contribution < 1.29 is 14.3 Å². The maximum Gasteiger partial charge on any atom is 0.329 e. The molecule has 0 N–H and O–H groups in total. The van der Waals surface area contributed by atoms with Crippen LogP contribution in [0.1, 0.15) is 25.0 Å². The number of amides is 1. The van der Waals surface area contributed by atoms with Gasteiger partial charge in [0.2, 0.25) is 5.91 Å². The van der Waals surface area contributed by atoms with Crippen LogP contribution in [-0.4, -0.2) is 29.4 Å². The molecular weight excluding hydrogens is 230 g/mol. The van der Waals surface area contributed by atoms with E-state index in [0.717, 1.165) is 11.1 Å². The van der Waals surface area contributed by atoms with Crippen molar-refractivity contribution >= 4 is 11.9 Å². The molecule has 1 heterocycles. The number of nitrogens with zero attached hydrogens (tertiary/aromatic N) is 1. The molecule has 0 aromatic heterocycles. The molecule has 0 spiro atoms. The summed E-state index contributed by atoms with van der Waals surface area (Å²) >= 11 is 0. The van der Waals surface area contributed by atoms with Crippen LogP contribution in [0.15, 0.2) is 24.3 Å². The molecule has 2 rings (SSSR count). The monoisotopic (exact) mass is 247 g/mol. The summed E-state index contributed by atoms with van der Waals surface area (Å²) in [4.78, 5) is 25.1. The standard InChI is InChI=1S/C14H17NO3/c1-3-18-14(17)13-8-11-6-4-5-7-12(11)9-15(13)10(2)16/h4-7,13H,3,8-9H2,1-2H3/t13-/m1/s1. The lowest BCUT2D eigenvalue weighted by Crippen LogP contribution is -2.48. The first-order valence-corrected chi connectivity index (χ1v) is 6.14. The minimum absolute atomic E-state index is 0.0949. The Bertz CT molecular complexity index is 470. The van der Waals surface area contributed by atoms with Crippen molar-refractivity contribution in [3.8, 4) is 0 Å². The summed E-state index contributed by atoms with van der Waals surface area (Å²) in [6, 6.07) is 7.40. The first-order chi connectivity index (χ1) is 8.63. The molecule has 0 saturated heterocycles. The van der Waals surface area contributed by atoms with Gasteiger partial charge < -0.3 is 9.64 Å². The zero-order valence-electron chi connectivity index (χ0n) is 10.7. The Hall–Kier alpha value is -1.84. The molecule has 1 aromatic rings. The number of benzene rings is 1. The molecule has 1 aliphatic heterocycles. The van der Waals surface area contributed by atoms with Gasteiger partial charge in [-0.3, -0.25) is 4.79 Å². The van der Waals surface area contributed by atoms with Gasteiger partial charge in [0.25, 0.3) is 0 Å². The van der Waals surface area contributed by atoms with E-state index in [-0.39, 0.29) is 11.9 Å². The van der Waals surface area contributed by atoms with Crippen molar-refractivity contribution in [2.24, 2.45) is 0 Å². The summed E-state index contributed by atoms with van der Waals surface area (Å²) in [5.74, 6) is -0.412. The molecule has 96 valence electrons. The van der Waals surface area contributed by atoms with Gasteiger partial charge in [0.1, 0.15) is 6.04 Å². The van der Waals surface area contributed by atoms with E-state index in [1.807, 2.05) is 24.3 Å². The van der Waals surface area contributed by atoms with Crippen LogP contribution in [-0.2, 0) is 27.3 Å². The number of esters is 1.